The maximum absolute atomic E-state index is 12.3. The summed E-state index contributed by atoms with van der Waals surface area (Å²) in [6, 6.07) is 15.4. The Morgan fingerprint density at radius 1 is 1.09 bits per heavy atom. The summed E-state index contributed by atoms with van der Waals surface area (Å²) in [5, 5.41) is 4.67. The molecule has 1 heterocycles. The molecule has 0 unspecified atom stereocenters. The third-order valence-electron chi connectivity index (χ3n) is 3.18. The summed E-state index contributed by atoms with van der Waals surface area (Å²) in [4.78, 5) is 0.226. The zero-order chi connectivity index (χ0) is 16.3. The molecule has 0 aliphatic rings. The third-order valence-corrected chi connectivity index (χ3v) is 4.77. The first-order chi connectivity index (χ1) is 11.0. The van der Waals surface area contributed by atoms with Crippen LogP contribution in [0.25, 0.3) is 0 Å². The van der Waals surface area contributed by atoms with E-state index in [-0.39, 0.29) is 4.90 Å². The van der Waals surface area contributed by atoms with Gasteiger partial charge in [0.15, 0.2) is 0 Å². The number of anilines is 1. The van der Waals surface area contributed by atoms with Gasteiger partial charge in [-0.1, -0.05) is 41.9 Å². The van der Waals surface area contributed by atoms with Gasteiger partial charge in [0, 0.05) is 11.9 Å². The molecule has 0 bridgehead atoms. The molecule has 7 heteroatoms. The largest absolute Gasteiger partial charge is 0.280 e. The average molecular weight is 348 g/mol. The Morgan fingerprint density at radius 2 is 1.87 bits per heavy atom. The number of nitrogens with zero attached hydrogens (tertiary/aromatic N) is 2. The fraction of sp³-hybridized carbons (Fsp3) is 0.0625. The van der Waals surface area contributed by atoms with Crippen molar-refractivity contribution in [2.45, 2.75) is 11.4 Å². The van der Waals surface area contributed by atoms with E-state index in [1.165, 1.54) is 0 Å². The smallest absolute Gasteiger partial charge is 0.261 e. The van der Waals surface area contributed by atoms with Gasteiger partial charge in [0.25, 0.3) is 10.0 Å². The first-order valence-electron chi connectivity index (χ1n) is 6.88. The van der Waals surface area contributed by atoms with Crippen molar-refractivity contribution < 1.29 is 8.42 Å². The quantitative estimate of drug-likeness (QED) is 0.769. The van der Waals surface area contributed by atoms with Crippen molar-refractivity contribution in [1.82, 2.24) is 9.78 Å². The topological polar surface area (TPSA) is 64.0 Å². The molecule has 5 nitrogen and oxygen atoms in total. The summed E-state index contributed by atoms with van der Waals surface area (Å²) in [5.74, 6) is 0. The van der Waals surface area contributed by atoms with Crippen molar-refractivity contribution in [2.24, 2.45) is 0 Å². The van der Waals surface area contributed by atoms with Crippen LogP contribution < -0.4 is 4.72 Å². The van der Waals surface area contributed by atoms with Crippen LogP contribution >= 0.6 is 11.6 Å². The SMILES string of the molecule is O=S(=O)(Nc1cccc(Cn2cc(Cl)cn2)c1)c1ccccc1. The third kappa shape index (κ3) is 3.91. The molecule has 0 atom stereocenters. The average Bonchev–Trinajstić information content (AvgIpc) is 2.93. The van der Waals surface area contributed by atoms with Gasteiger partial charge in [0.1, 0.15) is 0 Å². The molecule has 0 spiro atoms. The van der Waals surface area contributed by atoms with Gasteiger partial charge in [0.2, 0.25) is 0 Å². The second kappa shape index (κ2) is 6.44. The highest BCUT2D eigenvalue weighted by Crippen LogP contribution is 2.18. The van der Waals surface area contributed by atoms with Crippen LogP contribution in [-0.2, 0) is 16.6 Å². The molecule has 3 rings (SSSR count). The minimum Gasteiger partial charge on any atom is -0.280 e. The monoisotopic (exact) mass is 347 g/mol. The van der Waals surface area contributed by atoms with E-state index in [0.29, 0.717) is 17.3 Å². The van der Waals surface area contributed by atoms with E-state index in [0.717, 1.165) is 5.56 Å². The van der Waals surface area contributed by atoms with E-state index < -0.39 is 10.0 Å². The van der Waals surface area contributed by atoms with Crippen molar-refractivity contribution >= 4 is 27.3 Å². The molecule has 0 saturated carbocycles. The minimum absolute atomic E-state index is 0.226. The molecule has 0 aliphatic heterocycles. The van der Waals surface area contributed by atoms with Crippen molar-refractivity contribution in [3.63, 3.8) is 0 Å². The highest BCUT2D eigenvalue weighted by molar-refractivity contribution is 7.92. The molecule has 0 aliphatic carbocycles. The zero-order valence-corrected chi connectivity index (χ0v) is 13.6. The van der Waals surface area contributed by atoms with Crippen LogP contribution in [0.5, 0.6) is 0 Å². The molecule has 1 N–H and O–H groups in total. The van der Waals surface area contributed by atoms with Crippen molar-refractivity contribution in [1.29, 1.82) is 0 Å². The molecule has 0 amide bonds. The fourth-order valence-corrected chi connectivity index (χ4v) is 3.39. The Labute approximate surface area is 139 Å². The summed E-state index contributed by atoms with van der Waals surface area (Å²) >= 11 is 5.84. The van der Waals surface area contributed by atoms with Crippen molar-refractivity contribution in [2.75, 3.05) is 4.72 Å². The summed E-state index contributed by atoms with van der Waals surface area (Å²) in [7, 11) is -3.59. The first-order valence-corrected chi connectivity index (χ1v) is 8.74. The lowest BCUT2D eigenvalue weighted by Gasteiger charge is -2.09. The van der Waals surface area contributed by atoms with Gasteiger partial charge in [-0.2, -0.15) is 5.10 Å². The molecule has 2 aromatic carbocycles. The van der Waals surface area contributed by atoms with E-state index in [1.807, 2.05) is 6.07 Å². The lowest BCUT2D eigenvalue weighted by Crippen LogP contribution is -2.13. The Balaban J connectivity index is 1.80. The maximum atomic E-state index is 12.3. The molecular weight excluding hydrogens is 334 g/mol. The van der Waals surface area contributed by atoms with Crippen LogP contribution in [0, 0.1) is 0 Å². The summed E-state index contributed by atoms with van der Waals surface area (Å²) in [5.41, 5.74) is 1.42. The number of aromatic nitrogens is 2. The van der Waals surface area contributed by atoms with Crippen LogP contribution in [-0.4, -0.2) is 18.2 Å². The Morgan fingerprint density at radius 3 is 2.57 bits per heavy atom. The lowest BCUT2D eigenvalue weighted by molar-refractivity contribution is 0.601. The summed E-state index contributed by atoms with van der Waals surface area (Å²) in [6.45, 7) is 0.508. The van der Waals surface area contributed by atoms with Crippen LogP contribution in [0.4, 0.5) is 5.69 Å². The van der Waals surface area contributed by atoms with Gasteiger partial charge in [0.05, 0.1) is 22.7 Å². The molecule has 3 aromatic rings. The van der Waals surface area contributed by atoms with E-state index in [1.54, 1.807) is 65.6 Å². The minimum atomic E-state index is -3.59. The molecule has 0 fully saturated rings. The van der Waals surface area contributed by atoms with Crippen LogP contribution in [0.2, 0.25) is 5.02 Å². The summed E-state index contributed by atoms with van der Waals surface area (Å²) < 4.78 is 28.9. The highest BCUT2D eigenvalue weighted by Gasteiger charge is 2.13. The molecule has 1 aromatic heterocycles. The van der Waals surface area contributed by atoms with Gasteiger partial charge < -0.3 is 0 Å². The number of nitrogens with one attached hydrogen (secondary N) is 1. The van der Waals surface area contributed by atoms with E-state index >= 15 is 0 Å². The van der Waals surface area contributed by atoms with Gasteiger partial charge in [-0.05, 0) is 29.8 Å². The Kier molecular flexibility index (Phi) is 4.36. The predicted molar refractivity (Wildman–Crippen MR) is 90.0 cm³/mol. The van der Waals surface area contributed by atoms with Crippen LogP contribution in [0.1, 0.15) is 5.56 Å². The normalized spacial score (nSPS) is 11.3. The van der Waals surface area contributed by atoms with Crippen molar-refractivity contribution in [3.05, 3.63) is 77.6 Å². The standard InChI is InChI=1S/C16H14ClN3O2S/c17-14-10-18-20(12-14)11-13-5-4-6-15(9-13)19-23(21,22)16-7-2-1-3-8-16/h1-10,12,19H,11H2. The van der Waals surface area contributed by atoms with Gasteiger partial charge in [-0.15, -0.1) is 0 Å². The van der Waals surface area contributed by atoms with Gasteiger partial charge >= 0.3 is 0 Å². The molecular formula is C16H14ClN3O2S. The second-order valence-corrected chi connectivity index (χ2v) is 7.09. The van der Waals surface area contributed by atoms with Crippen LogP contribution in [0.15, 0.2) is 71.9 Å². The number of halogens is 1. The van der Waals surface area contributed by atoms with Gasteiger partial charge in [-0.25, -0.2) is 8.42 Å². The number of sulfonamides is 1. The fourth-order valence-electron chi connectivity index (χ4n) is 2.16. The zero-order valence-electron chi connectivity index (χ0n) is 12.1. The number of hydrogen-bond donors (Lipinski definition) is 1. The Bertz CT molecular complexity index is 908. The first kappa shape index (κ1) is 15.6. The van der Waals surface area contributed by atoms with Gasteiger partial charge in [-0.3, -0.25) is 9.40 Å². The van der Waals surface area contributed by atoms with E-state index in [4.69, 9.17) is 11.6 Å². The van der Waals surface area contributed by atoms with E-state index in [9.17, 15) is 8.42 Å². The molecule has 23 heavy (non-hydrogen) atoms. The highest BCUT2D eigenvalue weighted by atomic mass is 35.5. The molecule has 0 radical (unpaired) electrons. The molecule has 0 saturated heterocycles. The summed E-state index contributed by atoms with van der Waals surface area (Å²) in [6.07, 6.45) is 3.27. The maximum Gasteiger partial charge on any atom is 0.261 e. The lowest BCUT2D eigenvalue weighted by atomic mass is 10.2. The predicted octanol–water partition coefficient (Wildman–Crippen LogP) is 3.39. The number of benzene rings is 2. The van der Waals surface area contributed by atoms with E-state index in [2.05, 4.69) is 9.82 Å². The Hall–Kier alpha value is -2.31. The van der Waals surface area contributed by atoms with Crippen molar-refractivity contribution in [3.8, 4) is 0 Å². The second-order valence-electron chi connectivity index (χ2n) is 4.98. The van der Waals surface area contributed by atoms with Crippen LogP contribution in [0.3, 0.4) is 0 Å². The number of hydrogen-bond acceptors (Lipinski definition) is 3. The number of rotatable bonds is 5. The molecule has 118 valence electrons.